The molecule has 6 N–H and O–H groups in total. The molecule has 1 aromatic heterocycles. The number of carbonyl (C=O) groups excluding carboxylic acids is 2. The van der Waals surface area contributed by atoms with Gasteiger partial charge in [0.1, 0.15) is 6.04 Å². The molecule has 0 aliphatic carbocycles. The van der Waals surface area contributed by atoms with Crippen LogP contribution in [0.2, 0.25) is 0 Å². The van der Waals surface area contributed by atoms with Crippen molar-refractivity contribution in [3.63, 3.8) is 0 Å². The highest BCUT2D eigenvalue weighted by atomic mass is 32.1. The van der Waals surface area contributed by atoms with E-state index in [1.165, 1.54) is 16.8 Å². The molecule has 126 valence electrons. The number of nitrogens with two attached hydrogens (primary N) is 1. The first-order chi connectivity index (χ1) is 10.9. The van der Waals surface area contributed by atoms with Gasteiger partial charge in [0, 0.05) is 6.54 Å². The van der Waals surface area contributed by atoms with Crippen LogP contribution in [0.1, 0.15) is 22.5 Å². The molecule has 0 fully saturated rings. The third kappa shape index (κ3) is 6.71. The Morgan fingerprint density at radius 3 is 2.83 bits per heavy atom. The summed E-state index contributed by atoms with van der Waals surface area (Å²) in [6.07, 6.45) is 0.474. The predicted molar refractivity (Wildman–Crippen MR) is 81.4 cm³/mol. The van der Waals surface area contributed by atoms with E-state index >= 15 is 0 Å². The number of nitro groups is 1. The van der Waals surface area contributed by atoms with Crippen LogP contribution in [0.15, 0.2) is 22.5 Å². The zero-order valence-corrected chi connectivity index (χ0v) is 12.7. The topological polar surface area (TPSA) is 172 Å². The number of thiophene rings is 1. The number of hydroxylamine groups is 1. The number of hydrogen-bond donors (Lipinski definition) is 5. The molecule has 1 atom stereocenters. The molecule has 12 heteroatoms. The molecule has 0 aliphatic rings. The highest BCUT2D eigenvalue weighted by molar-refractivity contribution is 7.12. The van der Waals surface area contributed by atoms with Crippen molar-refractivity contribution in [1.82, 2.24) is 16.2 Å². The molecule has 0 radical (unpaired) electrons. The second-order valence-corrected chi connectivity index (χ2v) is 5.21. The smallest absolute Gasteiger partial charge is 0.265 e. The number of rotatable bonds is 8. The monoisotopic (exact) mass is 344 g/mol. The van der Waals surface area contributed by atoms with E-state index in [4.69, 9.17) is 10.9 Å². The van der Waals surface area contributed by atoms with Gasteiger partial charge in [0.2, 0.25) is 0 Å². The molecule has 1 rings (SSSR count). The fraction of sp³-hybridized carbons (Fsp3) is 0.364. The summed E-state index contributed by atoms with van der Waals surface area (Å²) in [5.74, 6) is -1.57. The Balaban J connectivity index is 2.50. The summed E-state index contributed by atoms with van der Waals surface area (Å²) in [6, 6.07) is 2.33. The van der Waals surface area contributed by atoms with Gasteiger partial charge in [-0.3, -0.25) is 14.8 Å². The fourth-order valence-corrected chi connectivity index (χ4v) is 2.23. The second-order valence-electron chi connectivity index (χ2n) is 4.26. The maximum Gasteiger partial charge on any atom is 0.265 e. The Hall–Kier alpha value is -2.73. The third-order valence-corrected chi connectivity index (χ3v) is 3.48. The minimum Gasteiger partial charge on any atom is -0.365 e. The summed E-state index contributed by atoms with van der Waals surface area (Å²) in [5, 5.41) is 22.2. The normalized spacial score (nSPS) is 12.3. The molecule has 1 heterocycles. The minimum atomic E-state index is -0.963. The Morgan fingerprint density at radius 2 is 2.26 bits per heavy atom. The number of hydrazine groups is 1. The highest BCUT2D eigenvalue weighted by Crippen LogP contribution is 2.09. The minimum absolute atomic E-state index is 0.108. The van der Waals surface area contributed by atoms with Gasteiger partial charge in [-0.1, -0.05) is 11.5 Å². The van der Waals surface area contributed by atoms with Crippen molar-refractivity contribution < 1.29 is 19.8 Å². The van der Waals surface area contributed by atoms with E-state index in [1.807, 2.05) is 0 Å². The summed E-state index contributed by atoms with van der Waals surface area (Å²) in [7, 11) is 0. The van der Waals surface area contributed by atoms with Gasteiger partial charge in [-0.15, -0.1) is 11.3 Å². The lowest BCUT2D eigenvalue weighted by molar-refractivity contribution is -0.525. The largest absolute Gasteiger partial charge is 0.365 e. The van der Waals surface area contributed by atoms with Gasteiger partial charge in [0.25, 0.3) is 17.8 Å². The Bertz CT molecular complexity index is 575. The van der Waals surface area contributed by atoms with Crippen LogP contribution in [0.5, 0.6) is 0 Å². The van der Waals surface area contributed by atoms with Gasteiger partial charge in [-0.2, -0.15) is 0 Å². The quantitative estimate of drug-likeness (QED) is 0.103. The third-order valence-electron chi connectivity index (χ3n) is 2.62. The number of carbonyl (C=O) groups is 2. The van der Waals surface area contributed by atoms with E-state index < -0.39 is 22.9 Å². The van der Waals surface area contributed by atoms with Crippen LogP contribution >= 0.6 is 11.3 Å². The SMILES string of the molecule is NC(=NCCC[C@H](NC(=O)c1cccs1)C(=O)NO)N[N+](=O)[O-]. The lowest BCUT2D eigenvalue weighted by atomic mass is 10.1. The van der Waals surface area contributed by atoms with Crippen molar-refractivity contribution >= 4 is 29.1 Å². The standard InChI is InChI=1S/C11H16N6O5S/c12-11(15-17(21)22)13-5-1-3-7(9(18)16-20)14-10(19)8-4-2-6-23-8/h2,4,6-7,20H,1,3,5H2,(H,14,19)(H,16,18)(H3,12,13,15)/t7-/m0/s1. The lowest BCUT2D eigenvalue weighted by Crippen LogP contribution is -2.45. The summed E-state index contributed by atoms with van der Waals surface area (Å²) in [4.78, 5) is 37.7. The van der Waals surface area contributed by atoms with Crippen LogP contribution in [-0.4, -0.2) is 40.6 Å². The maximum atomic E-state index is 11.9. The molecule has 23 heavy (non-hydrogen) atoms. The number of nitrogens with zero attached hydrogens (tertiary/aromatic N) is 2. The van der Waals surface area contributed by atoms with E-state index in [0.29, 0.717) is 11.3 Å². The first-order valence-electron chi connectivity index (χ1n) is 6.43. The molecule has 1 aromatic rings. The molecule has 0 unspecified atom stereocenters. The average molecular weight is 344 g/mol. The van der Waals surface area contributed by atoms with Crippen molar-refractivity contribution in [3.8, 4) is 0 Å². The van der Waals surface area contributed by atoms with Crippen molar-refractivity contribution in [3.05, 3.63) is 32.5 Å². The van der Waals surface area contributed by atoms with Crippen molar-refractivity contribution in [2.75, 3.05) is 6.54 Å². The average Bonchev–Trinajstić information content (AvgIpc) is 3.03. The van der Waals surface area contributed by atoms with Crippen LogP contribution in [-0.2, 0) is 4.79 Å². The van der Waals surface area contributed by atoms with Gasteiger partial charge in [0.15, 0.2) is 5.03 Å². The predicted octanol–water partition coefficient (Wildman–Crippen LogP) is -0.772. The van der Waals surface area contributed by atoms with Crippen molar-refractivity contribution in [1.29, 1.82) is 0 Å². The molecule has 11 nitrogen and oxygen atoms in total. The number of hydrogen-bond acceptors (Lipinski definition) is 7. The molecule has 0 saturated heterocycles. The number of nitrogens with one attached hydrogen (secondary N) is 3. The molecular formula is C11H16N6O5S. The highest BCUT2D eigenvalue weighted by Gasteiger charge is 2.21. The van der Waals surface area contributed by atoms with E-state index in [0.717, 1.165) is 0 Å². The van der Waals surface area contributed by atoms with Gasteiger partial charge >= 0.3 is 0 Å². The zero-order chi connectivity index (χ0) is 17.2. The summed E-state index contributed by atoms with van der Waals surface area (Å²) < 4.78 is 0. The second kappa shape index (κ2) is 9.32. The Labute approximate surface area is 134 Å². The fourth-order valence-electron chi connectivity index (χ4n) is 1.61. The maximum absolute atomic E-state index is 11.9. The Kier molecular flexibility index (Phi) is 7.42. The van der Waals surface area contributed by atoms with E-state index in [-0.39, 0.29) is 18.9 Å². The molecule has 2 amide bonds. The van der Waals surface area contributed by atoms with Crippen LogP contribution in [0.3, 0.4) is 0 Å². The lowest BCUT2D eigenvalue weighted by Gasteiger charge is -2.15. The number of aliphatic imine (C=N–C) groups is 1. The first-order valence-corrected chi connectivity index (χ1v) is 7.31. The van der Waals surface area contributed by atoms with E-state index in [2.05, 4.69) is 10.3 Å². The van der Waals surface area contributed by atoms with Crippen LogP contribution in [0.25, 0.3) is 0 Å². The summed E-state index contributed by atoms with van der Waals surface area (Å²) in [6.45, 7) is 0.108. The van der Waals surface area contributed by atoms with Gasteiger partial charge in [-0.25, -0.2) is 20.6 Å². The zero-order valence-electron chi connectivity index (χ0n) is 11.9. The van der Waals surface area contributed by atoms with Crippen LogP contribution in [0.4, 0.5) is 0 Å². The first kappa shape index (κ1) is 18.3. The molecule has 0 spiro atoms. The van der Waals surface area contributed by atoms with Gasteiger partial charge in [0.05, 0.1) is 4.88 Å². The molecule has 0 aromatic carbocycles. The molecular weight excluding hydrogens is 328 g/mol. The number of guanidine groups is 1. The van der Waals surface area contributed by atoms with Gasteiger partial charge < -0.3 is 11.1 Å². The van der Waals surface area contributed by atoms with Crippen LogP contribution < -0.4 is 22.0 Å². The summed E-state index contributed by atoms with van der Waals surface area (Å²) in [5.41, 5.74) is 8.39. The molecule has 0 aliphatic heterocycles. The molecule has 0 saturated carbocycles. The van der Waals surface area contributed by atoms with E-state index in [9.17, 15) is 19.7 Å². The van der Waals surface area contributed by atoms with Crippen molar-refractivity contribution in [2.24, 2.45) is 10.7 Å². The van der Waals surface area contributed by atoms with Crippen molar-refractivity contribution in [2.45, 2.75) is 18.9 Å². The number of amides is 2. The molecule has 0 bridgehead atoms. The van der Waals surface area contributed by atoms with Gasteiger partial charge in [-0.05, 0) is 24.3 Å². The Morgan fingerprint density at radius 1 is 1.52 bits per heavy atom. The van der Waals surface area contributed by atoms with Crippen LogP contribution in [0, 0.1) is 10.1 Å². The summed E-state index contributed by atoms with van der Waals surface area (Å²) >= 11 is 1.21. The van der Waals surface area contributed by atoms with E-state index in [1.54, 1.807) is 22.9 Å².